The first kappa shape index (κ1) is 14.5. The number of nitrogen functional groups attached to an aromatic ring is 1. The molecular weight excluding hydrogens is 239 g/mol. The van der Waals surface area contributed by atoms with Crippen LogP contribution in [-0.4, -0.2) is 38.6 Å². The van der Waals surface area contributed by atoms with Gasteiger partial charge in [-0.2, -0.15) is 0 Å². The Morgan fingerprint density at radius 2 is 2.17 bits per heavy atom. The number of aliphatic hydroxyl groups excluding tert-OH is 1. The van der Waals surface area contributed by atoms with E-state index in [1.165, 1.54) is 26.4 Å². The van der Waals surface area contributed by atoms with Gasteiger partial charge in [-0.05, 0) is 6.42 Å². The zero-order valence-electron chi connectivity index (χ0n) is 10.6. The smallest absolute Gasteiger partial charge is 0.167 e. The summed E-state index contributed by atoms with van der Waals surface area (Å²) in [6.07, 6.45) is -0.0291. The number of nitrogens with two attached hydrogens (primary N) is 1. The summed E-state index contributed by atoms with van der Waals surface area (Å²) in [6.45, 7) is 0.785. The molecule has 0 spiro atoms. The van der Waals surface area contributed by atoms with Crippen LogP contribution in [-0.2, 0) is 4.74 Å². The van der Waals surface area contributed by atoms with Crippen molar-refractivity contribution in [2.75, 3.05) is 38.4 Å². The molecule has 0 aromatic heterocycles. The van der Waals surface area contributed by atoms with E-state index in [9.17, 15) is 9.50 Å². The number of nitrogens with one attached hydrogen (secondary N) is 1. The maximum atomic E-state index is 13.3. The molecule has 0 aliphatic rings. The molecule has 1 rings (SSSR count). The third-order valence-corrected chi connectivity index (χ3v) is 2.48. The van der Waals surface area contributed by atoms with E-state index in [4.69, 9.17) is 15.2 Å². The molecule has 0 heterocycles. The SMILES string of the molecule is COCC(O)CCNc1cc(OC)c(F)cc1N. The van der Waals surface area contributed by atoms with Crippen LogP contribution in [0, 0.1) is 5.82 Å². The van der Waals surface area contributed by atoms with E-state index in [1.54, 1.807) is 0 Å². The fourth-order valence-corrected chi connectivity index (χ4v) is 1.53. The van der Waals surface area contributed by atoms with Crippen LogP contribution >= 0.6 is 0 Å². The lowest BCUT2D eigenvalue weighted by Gasteiger charge is -2.13. The van der Waals surface area contributed by atoms with Gasteiger partial charge in [0.2, 0.25) is 0 Å². The van der Waals surface area contributed by atoms with Crippen molar-refractivity contribution in [2.24, 2.45) is 0 Å². The van der Waals surface area contributed by atoms with E-state index in [0.29, 0.717) is 24.3 Å². The van der Waals surface area contributed by atoms with Gasteiger partial charge in [0.1, 0.15) is 0 Å². The second kappa shape index (κ2) is 7.03. The average Bonchev–Trinajstić information content (AvgIpc) is 2.32. The highest BCUT2D eigenvalue weighted by atomic mass is 19.1. The fourth-order valence-electron chi connectivity index (χ4n) is 1.53. The number of hydrogen-bond donors (Lipinski definition) is 3. The number of methoxy groups -OCH3 is 2. The summed E-state index contributed by atoms with van der Waals surface area (Å²) in [6, 6.07) is 2.69. The zero-order chi connectivity index (χ0) is 13.5. The maximum absolute atomic E-state index is 13.3. The Labute approximate surface area is 106 Å². The first-order chi connectivity index (χ1) is 8.58. The molecule has 0 radical (unpaired) electrons. The van der Waals surface area contributed by atoms with Gasteiger partial charge in [0.15, 0.2) is 11.6 Å². The molecule has 0 aliphatic heterocycles. The predicted octanol–water partition coefficient (Wildman–Crippen LogP) is 1.23. The molecule has 18 heavy (non-hydrogen) atoms. The molecule has 0 amide bonds. The van der Waals surface area contributed by atoms with Crippen LogP contribution in [0.5, 0.6) is 5.75 Å². The van der Waals surface area contributed by atoms with Crippen molar-refractivity contribution in [3.05, 3.63) is 17.9 Å². The number of hydrogen-bond acceptors (Lipinski definition) is 5. The van der Waals surface area contributed by atoms with E-state index in [1.807, 2.05) is 0 Å². The van der Waals surface area contributed by atoms with Gasteiger partial charge in [-0.1, -0.05) is 0 Å². The third kappa shape index (κ3) is 4.05. The Morgan fingerprint density at radius 1 is 1.44 bits per heavy atom. The van der Waals surface area contributed by atoms with Gasteiger partial charge in [0.05, 0.1) is 31.2 Å². The summed E-state index contributed by atoms with van der Waals surface area (Å²) in [5.41, 5.74) is 6.56. The molecule has 102 valence electrons. The number of anilines is 2. The van der Waals surface area contributed by atoms with E-state index < -0.39 is 11.9 Å². The monoisotopic (exact) mass is 258 g/mol. The second-order valence-corrected chi connectivity index (χ2v) is 3.90. The second-order valence-electron chi connectivity index (χ2n) is 3.90. The van der Waals surface area contributed by atoms with Crippen molar-refractivity contribution in [2.45, 2.75) is 12.5 Å². The molecule has 0 saturated heterocycles. The Hall–Kier alpha value is -1.53. The number of benzene rings is 1. The molecule has 1 unspecified atom stereocenters. The normalized spacial score (nSPS) is 12.2. The highest BCUT2D eigenvalue weighted by molar-refractivity contribution is 5.68. The van der Waals surface area contributed by atoms with Gasteiger partial charge >= 0.3 is 0 Å². The fraction of sp³-hybridized carbons (Fsp3) is 0.500. The minimum Gasteiger partial charge on any atom is -0.494 e. The largest absolute Gasteiger partial charge is 0.494 e. The van der Waals surface area contributed by atoms with E-state index >= 15 is 0 Å². The van der Waals surface area contributed by atoms with Gasteiger partial charge in [0, 0.05) is 25.8 Å². The van der Waals surface area contributed by atoms with Crippen LogP contribution in [0.25, 0.3) is 0 Å². The van der Waals surface area contributed by atoms with Crippen molar-refractivity contribution in [1.29, 1.82) is 0 Å². The predicted molar refractivity (Wildman–Crippen MR) is 68.4 cm³/mol. The van der Waals surface area contributed by atoms with Gasteiger partial charge in [-0.3, -0.25) is 0 Å². The molecular formula is C12H19FN2O3. The third-order valence-electron chi connectivity index (χ3n) is 2.48. The number of aliphatic hydroxyl groups is 1. The summed E-state index contributed by atoms with van der Waals surface area (Å²) in [7, 11) is 2.92. The lowest BCUT2D eigenvalue weighted by atomic mass is 10.2. The van der Waals surface area contributed by atoms with Gasteiger partial charge in [-0.25, -0.2) is 4.39 Å². The Bertz CT molecular complexity index is 388. The molecule has 0 fully saturated rings. The first-order valence-corrected chi connectivity index (χ1v) is 5.62. The summed E-state index contributed by atoms with van der Waals surface area (Å²) in [4.78, 5) is 0. The average molecular weight is 258 g/mol. The van der Waals surface area contributed by atoms with Gasteiger partial charge < -0.3 is 25.6 Å². The Balaban J connectivity index is 2.56. The molecule has 0 saturated carbocycles. The Kier molecular flexibility index (Phi) is 5.67. The lowest BCUT2D eigenvalue weighted by Crippen LogP contribution is -2.18. The number of halogens is 1. The highest BCUT2D eigenvalue weighted by Gasteiger charge is 2.09. The molecule has 1 atom stereocenters. The van der Waals surface area contributed by atoms with Crippen molar-refractivity contribution in [1.82, 2.24) is 0 Å². The van der Waals surface area contributed by atoms with Crippen LogP contribution in [0.1, 0.15) is 6.42 Å². The molecule has 0 bridgehead atoms. The first-order valence-electron chi connectivity index (χ1n) is 5.62. The van der Waals surface area contributed by atoms with Crippen LogP contribution < -0.4 is 15.8 Å². The molecule has 5 nitrogen and oxygen atoms in total. The highest BCUT2D eigenvalue weighted by Crippen LogP contribution is 2.27. The minimum absolute atomic E-state index is 0.129. The maximum Gasteiger partial charge on any atom is 0.167 e. The van der Waals surface area contributed by atoms with E-state index in [0.717, 1.165) is 0 Å². The molecule has 1 aromatic carbocycles. The van der Waals surface area contributed by atoms with Crippen LogP contribution in [0.3, 0.4) is 0 Å². The quantitative estimate of drug-likeness (QED) is 0.641. The molecule has 4 N–H and O–H groups in total. The van der Waals surface area contributed by atoms with Crippen molar-refractivity contribution >= 4 is 11.4 Å². The number of ether oxygens (including phenoxy) is 2. The minimum atomic E-state index is -0.536. The zero-order valence-corrected chi connectivity index (χ0v) is 10.6. The van der Waals surface area contributed by atoms with Crippen LogP contribution in [0.4, 0.5) is 15.8 Å². The van der Waals surface area contributed by atoms with Gasteiger partial charge in [0.25, 0.3) is 0 Å². The van der Waals surface area contributed by atoms with E-state index in [2.05, 4.69) is 5.32 Å². The lowest BCUT2D eigenvalue weighted by molar-refractivity contribution is 0.0615. The van der Waals surface area contributed by atoms with E-state index in [-0.39, 0.29) is 12.4 Å². The van der Waals surface area contributed by atoms with Crippen molar-refractivity contribution < 1.29 is 19.0 Å². The standard InChI is InChI=1S/C12H19FN2O3/c1-17-7-8(16)3-4-15-11-6-12(18-2)9(13)5-10(11)14/h5-6,8,15-16H,3-4,7,14H2,1-2H3. The Morgan fingerprint density at radius 3 is 2.78 bits per heavy atom. The van der Waals surface area contributed by atoms with Gasteiger partial charge in [-0.15, -0.1) is 0 Å². The summed E-state index contributed by atoms with van der Waals surface area (Å²) >= 11 is 0. The summed E-state index contributed by atoms with van der Waals surface area (Å²) < 4.78 is 23.0. The van der Waals surface area contributed by atoms with Crippen molar-refractivity contribution in [3.63, 3.8) is 0 Å². The number of rotatable bonds is 7. The van der Waals surface area contributed by atoms with Crippen LogP contribution in [0.15, 0.2) is 12.1 Å². The molecule has 0 aliphatic carbocycles. The topological polar surface area (TPSA) is 76.7 Å². The van der Waals surface area contributed by atoms with Crippen molar-refractivity contribution in [3.8, 4) is 5.75 Å². The van der Waals surface area contributed by atoms with Crippen LogP contribution in [0.2, 0.25) is 0 Å². The molecule has 6 heteroatoms. The summed E-state index contributed by atoms with van der Waals surface area (Å²) in [5.74, 6) is -0.371. The summed E-state index contributed by atoms with van der Waals surface area (Å²) in [5, 5.41) is 12.5. The molecule has 1 aromatic rings.